The third-order valence-corrected chi connectivity index (χ3v) is 6.52. The van der Waals surface area contributed by atoms with E-state index in [1.165, 1.54) is 11.3 Å². The zero-order chi connectivity index (χ0) is 21.8. The van der Waals surface area contributed by atoms with Gasteiger partial charge in [-0.05, 0) is 49.7 Å². The zero-order valence-corrected chi connectivity index (χ0v) is 20.0. The van der Waals surface area contributed by atoms with Crippen LogP contribution in [0, 0.1) is 0 Å². The van der Waals surface area contributed by atoms with Crippen LogP contribution in [0.5, 0.6) is 5.75 Å². The Hall–Kier alpha value is -2.42. The summed E-state index contributed by atoms with van der Waals surface area (Å²) in [6.45, 7) is 3.79. The van der Waals surface area contributed by atoms with Crippen LogP contribution in [0.3, 0.4) is 0 Å². The fourth-order valence-electron chi connectivity index (χ4n) is 3.19. The Morgan fingerprint density at radius 2 is 2.16 bits per heavy atom. The molecule has 0 saturated heterocycles. The van der Waals surface area contributed by atoms with Gasteiger partial charge in [0, 0.05) is 30.0 Å². The molecule has 0 atom stereocenters. The molecule has 2 aromatic heterocycles. The standard InChI is InChI=1S/C22H20BrClN4O2S/c1-2-30-16-5-7-19-20(13-16)31-22(26-19)28(10-3-9-27-11-8-25-14-27)21(29)17-12-15(23)4-6-18(17)24/h4-8,11-14H,2-3,9-10H2,1H3. The van der Waals surface area contributed by atoms with Crippen molar-refractivity contribution in [1.82, 2.24) is 14.5 Å². The first kappa shape index (κ1) is 21.8. The zero-order valence-electron chi connectivity index (χ0n) is 16.8. The third kappa shape index (κ3) is 5.08. The summed E-state index contributed by atoms with van der Waals surface area (Å²) in [6, 6.07) is 11.0. The number of fused-ring (bicyclic) bond motifs is 1. The van der Waals surface area contributed by atoms with Crippen molar-refractivity contribution in [3.8, 4) is 5.75 Å². The second-order valence-corrected chi connectivity index (χ2v) is 9.13. The quantitative estimate of drug-likeness (QED) is 0.284. The van der Waals surface area contributed by atoms with E-state index in [0.29, 0.717) is 28.9 Å². The first-order chi connectivity index (χ1) is 15.0. The summed E-state index contributed by atoms with van der Waals surface area (Å²) in [5.41, 5.74) is 1.27. The maximum Gasteiger partial charge on any atom is 0.261 e. The number of carbonyl (C=O) groups excluding carboxylic acids is 1. The van der Waals surface area contributed by atoms with Gasteiger partial charge >= 0.3 is 0 Å². The molecule has 0 N–H and O–H groups in total. The lowest BCUT2D eigenvalue weighted by Gasteiger charge is -2.21. The number of anilines is 1. The Morgan fingerprint density at radius 1 is 1.29 bits per heavy atom. The van der Waals surface area contributed by atoms with Gasteiger partial charge in [-0.25, -0.2) is 9.97 Å². The second kappa shape index (κ2) is 9.80. The summed E-state index contributed by atoms with van der Waals surface area (Å²) < 4.78 is 9.35. The van der Waals surface area contributed by atoms with Crippen molar-refractivity contribution in [3.63, 3.8) is 0 Å². The van der Waals surface area contributed by atoms with Crippen LogP contribution in [0.1, 0.15) is 23.7 Å². The van der Waals surface area contributed by atoms with E-state index in [4.69, 9.17) is 21.3 Å². The number of ether oxygens (including phenoxy) is 1. The van der Waals surface area contributed by atoms with Crippen molar-refractivity contribution >= 4 is 60.1 Å². The minimum atomic E-state index is -0.180. The van der Waals surface area contributed by atoms with Gasteiger partial charge in [-0.15, -0.1) is 0 Å². The Bertz CT molecular complexity index is 1200. The summed E-state index contributed by atoms with van der Waals surface area (Å²) in [6.07, 6.45) is 6.16. The van der Waals surface area contributed by atoms with Gasteiger partial charge in [-0.2, -0.15) is 0 Å². The molecule has 2 aromatic carbocycles. The summed E-state index contributed by atoms with van der Waals surface area (Å²) in [7, 11) is 0. The molecule has 0 saturated carbocycles. The molecule has 0 bridgehead atoms. The molecule has 6 nitrogen and oxygen atoms in total. The smallest absolute Gasteiger partial charge is 0.261 e. The number of hydrogen-bond acceptors (Lipinski definition) is 5. The number of hydrogen-bond donors (Lipinski definition) is 0. The third-order valence-electron chi connectivity index (χ3n) is 4.65. The molecular formula is C22H20BrClN4O2S. The van der Waals surface area contributed by atoms with Crippen molar-refractivity contribution in [2.24, 2.45) is 0 Å². The molecule has 0 fully saturated rings. The number of amides is 1. The highest BCUT2D eigenvalue weighted by molar-refractivity contribution is 9.10. The molecule has 31 heavy (non-hydrogen) atoms. The number of aromatic nitrogens is 3. The van der Waals surface area contributed by atoms with E-state index in [1.54, 1.807) is 29.6 Å². The molecule has 0 radical (unpaired) electrons. The van der Waals surface area contributed by atoms with Crippen LogP contribution >= 0.6 is 38.9 Å². The van der Waals surface area contributed by atoms with E-state index in [-0.39, 0.29) is 5.91 Å². The average molecular weight is 520 g/mol. The monoisotopic (exact) mass is 518 g/mol. The normalized spacial score (nSPS) is 11.1. The number of benzene rings is 2. The van der Waals surface area contributed by atoms with Crippen molar-refractivity contribution in [1.29, 1.82) is 0 Å². The van der Waals surface area contributed by atoms with Crippen LogP contribution in [0.25, 0.3) is 10.2 Å². The molecular weight excluding hydrogens is 500 g/mol. The van der Waals surface area contributed by atoms with Gasteiger partial charge in [0.2, 0.25) is 0 Å². The number of halogens is 2. The maximum absolute atomic E-state index is 13.5. The molecule has 2 heterocycles. The van der Waals surface area contributed by atoms with Crippen molar-refractivity contribution in [2.45, 2.75) is 19.9 Å². The number of thiazole rings is 1. The van der Waals surface area contributed by atoms with Crippen molar-refractivity contribution in [3.05, 3.63) is 70.2 Å². The average Bonchev–Trinajstić information content (AvgIpc) is 3.42. The largest absolute Gasteiger partial charge is 0.494 e. The maximum atomic E-state index is 13.5. The number of aryl methyl sites for hydroxylation is 1. The lowest BCUT2D eigenvalue weighted by Crippen LogP contribution is -2.32. The Morgan fingerprint density at radius 3 is 2.94 bits per heavy atom. The minimum absolute atomic E-state index is 0.180. The van der Waals surface area contributed by atoms with Gasteiger partial charge in [0.05, 0.1) is 33.7 Å². The lowest BCUT2D eigenvalue weighted by atomic mass is 10.2. The number of carbonyl (C=O) groups is 1. The van der Waals surface area contributed by atoms with Crippen LogP contribution < -0.4 is 9.64 Å². The summed E-state index contributed by atoms with van der Waals surface area (Å²) in [5, 5.41) is 1.04. The Balaban J connectivity index is 1.66. The lowest BCUT2D eigenvalue weighted by molar-refractivity contribution is 0.0986. The summed E-state index contributed by atoms with van der Waals surface area (Å²) in [5.74, 6) is 0.610. The van der Waals surface area contributed by atoms with E-state index in [9.17, 15) is 4.79 Å². The fraction of sp³-hybridized carbons (Fsp3) is 0.227. The van der Waals surface area contributed by atoms with Crippen LogP contribution in [0.2, 0.25) is 5.02 Å². The molecule has 160 valence electrons. The molecule has 0 spiro atoms. The van der Waals surface area contributed by atoms with Gasteiger partial charge in [-0.1, -0.05) is 38.9 Å². The minimum Gasteiger partial charge on any atom is -0.494 e. The summed E-state index contributed by atoms with van der Waals surface area (Å²) >= 11 is 11.3. The number of rotatable bonds is 8. The van der Waals surface area contributed by atoms with Crippen LogP contribution in [0.4, 0.5) is 5.13 Å². The van der Waals surface area contributed by atoms with E-state index in [0.717, 1.165) is 33.4 Å². The highest BCUT2D eigenvalue weighted by atomic mass is 79.9. The number of imidazole rings is 1. The highest BCUT2D eigenvalue weighted by Crippen LogP contribution is 2.33. The molecule has 4 aromatic rings. The second-order valence-electron chi connectivity index (χ2n) is 6.79. The van der Waals surface area contributed by atoms with Crippen molar-refractivity contribution < 1.29 is 9.53 Å². The van der Waals surface area contributed by atoms with E-state index in [2.05, 4.69) is 20.9 Å². The van der Waals surface area contributed by atoms with Crippen LogP contribution in [-0.2, 0) is 6.54 Å². The van der Waals surface area contributed by atoms with Gasteiger partial charge in [0.15, 0.2) is 5.13 Å². The molecule has 0 aliphatic heterocycles. The fourth-order valence-corrected chi connectivity index (χ4v) is 4.76. The SMILES string of the molecule is CCOc1ccc2nc(N(CCCn3ccnc3)C(=O)c3cc(Br)ccc3Cl)sc2c1. The molecule has 1 amide bonds. The van der Waals surface area contributed by atoms with Gasteiger partial charge in [-0.3, -0.25) is 9.69 Å². The van der Waals surface area contributed by atoms with Crippen molar-refractivity contribution in [2.75, 3.05) is 18.1 Å². The topological polar surface area (TPSA) is 60.2 Å². The molecule has 0 aliphatic rings. The molecule has 9 heteroatoms. The Kier molecular flexibility index (Phi) is 6.89. The predicted octanol–water partition coefficient (Wildman–Crippen LogP) is 6.04. The first-order valence-corrected chi connectivity index (χ1v) is 11.8. The van der Waals surface area contributed by atoms with Gasteiger partial charge < -0.3 is 9.30 Å². The molecule has 0 unspecified atom stereocenters. The predicted molar refractivity (Wildman–Crippen MR) is 128 cm³/mol. The van der Waals surface area contributed by atoms with E-state index >= 15 is 0 Å². The van der Waals surface area contributed by atoms with Gasteiger partial charge in [0.1, 0.15) is 5.75 Å². The number of nitrogens with zero attached hydrogens (tertiary/aromatic N) is 4. The Labute approximate surface area is 197 Å². The summed E-state index contributed by atoms with van der Waals surface area (Å²) in [4.78, 5) is 24.0. The molecule has 0 aliphatic carbocycles. The van der Waals surface area contributed by atoms with Crippen LogP contribution in [0.15, 0.2) is 59.6 Å². The highest BCUT2D eigenvalue weighted by Gasteiger charge is 2.23. The van der Waals surface area contributed by atoms with Gasteiger partial charge in [0.25, 0.3) is 5.91 Å². The van der Waals surface area contributed by atoms with E-state index in [1.807, 2.05) is 42.0 Å². The molecule has 4 rings (SSSR count). The van der Waals surface area contributed by atoms with Crippen LogP contribution in [-0.4, -0.2) is 33.6 Å². The first-order valence-electron chi connectivity index (χ1n) is 9.81. The van der Waals surface area contributed by atoms with E-state index < -0.39 is 0 Å².